The molecule has 0 fully saturated rings. The molecule has 0 amide bonds. The molecule has 0 saturated heterocycles. The van der Waals surface area contributed by atoms with E-state index in [-0.39, 0.29) is 12.1 Å². The molecule has 2 aromatic heterocycles. The highest BCUT2D eigenvalue weighted by atomic mass is 16.1. The molecule has 0 saturated carbocycles. The molecule has 0 aliphatic rings. The van der Waals surface area contributed by atoms with Crippen LogP contribution in [0.15, 0.2) is 41.3 Å². The minimum atomic E-state index is -0.412. The van der Waals surface area contributed by atoms with E-state index < -0.39 is 5.56 Å². The first-order valence-electron chi connectivity index (χ1n) is 7.05. The monoisotopic (exact) mass is 306 g/mol. The lowest BCUT2D eigenvalue weighted by Gasteiger charge is -2.07. The summed E-state index contributed by atoms with van der Waals surface area (Å²) in [6, 6.07) is 11.4. The minimum absolute atomic E-state index is 0.118. The van der Waals surface area contributed by atoms with E-state index in [9.17, 15) is 4.79 Å². The van der Waals surface area contributed by atoms with E-state index in [1.165, 1.54) is 9.48 Å². The van der Waals surface area contributed by atoms with E-state index in [1.54, 1.807) is 20.0 Å². The van der Waals surface area contributed by atoms with Gasteiger partial charge in [0.25, 0.3) is 5.56 Å². The molecule has 7 nitrogen and oxygen atoms in total. The normalized spacial score (nSPS) is 10.5. The van der Waals surface area contributed by atoms with Crippen LogP contribution >= 0.6 is 0 Å². The fourth-order valence-corrected chi connectivity index (χ4v) is 2.22. The minimum Gasteiger partial charge on any atom is -0.266 e. The van der Waals surface area contributed by atoms with Crippen molar-refractivity contribution in [3.8, 4) is 11.8 Å². The number of aryl methyl sites for hydroxylation is 1. The number of nitriles is 1. The molecule has 3 rings (SSSR count). The van der Waals surface area contributed by atoms with Crippen molar-refractivity contribution in [2.75, 3.05) is 0 Å². The Bertz CT molecular complexity index is 949. The van der Waals surface area contributed by atoms with E-state index in [1.807, 2.05) is 36.4 Å². The first kappa shape index (κ1) is 14.7. The van der Waals surface area contributed by atoms with Crippen molar-refractivity contribution in [2.45, 2.75) is 20.4 Å². The van der Waals surface area contributed by atoms with E-state index in [2.05, 4.69) is 15.3 Å². The molecule has 3 aromatic rings. The summed E-state index contributed by atoms with van der Waals surface area (Å²) in [5.41, 5.74) is 2.39. The van der Waals surface area contributed by atoms with Crippen LogP contribution in [0.3, 0.4) is 0 Å². The van der Waals surface area contributed by atoms with Gasteiger partial charge in [-0.3, -0.25) is 4.79 Å². The SMILES string of the molecule is Cc1nn(Cc2cnn(-c3ccccc3)n2)c(=O)c(C#N)c1C. The lowest BCUT2D eigenvalue weighted by Crippen LogP contribution is -2.28. The average Bonchev–Trinajstić information content (AvgIpc) is 3.03. The largest absolute Gasteiger partial charge is 0.285 e. The highest BCUT2D eigenvalue weighted by molar-refractivity contribution is 5.36. The summed E-state index contributed by atoms with van der Waals surface area (Å²) >= 11 is 0. The van der Waals surface area contributed by atoms with Crippen LogP contribution in [0, 0.1) is 25.2 Å². The number of para-hydroxylation sites is 1. The van der Waals surface area contributed by atoms with Crippen molar-refractivity contribution < 1.29 is 0 Å². The second-order valence-corrected chi connectivity index (χ2v) is 5.12. The standard InChI is InChI=1S/C16H14N6O/c1-11-12(2)19-21(16(23)15(11)8-17)10-13-9-18-22(20-13)14-6-4-3-5-7-14/h3-7,9H,10H2,1-2H3. The Hall–Kier alpha value is -3.27. The summed E-state index contributed by atoms with van der Waals surface area (Å²) in [5.74, 6) is 0. The van der Waals surface area contributed by atoms with Gasteiger partial charge >= 0.3 is 0 Å². The van der Waals surface area contributed by atoms with Gasteiger partial charge in [0, 0.05) is 0 Å². The zero-order chi connectivity index (χ0) is 16.4. The van der Waals surface area contributed by atoms with Crippen LogP contribution in [0.2, 0.25) is 0 Å². The molecular formula is C16H14N6O. The molecule has 0 spiro atoms. The van der Waals surface area contributed by atoms with Crippen molar-refractivity contribution in [1.29, 1.82) is 5.26 Å². The molecule has 2 heterocycles. The average molecular weight is 306 g/mol. The molecule has 0 N–H and O–H groups in total. The van der Waals surface area contributed by atoms with Gasteiger partial charge in [0.2, 0.25) is 0 Å². The molecule has 0 aliphatic heterocycles. The molecule has 7 heteroatoms. The summed E-state index contributed by atoms with van der Waals surface area (Å²) in [7, 11) is 0. The lowest BCUT2D eigenvalue weighted by atomic mass is 10.1. The topological polar surface area (TPSA) is 89.4 Å². The summed E-state index contributed by atoms with van der Waals surface area (Å²) in [6.45, 7) is 3.66. The van der Waals surface area contributed by atoms with Crippen LogP contribution in [0.5, 0.6) is 0 Å². The van der Waals surface area contributed by atoms with Crippen LogP contribution in [-0.2, 0) is 6.54 Å². The molecule has 114 valence electrons. The third-order valence-corrected chi connectivity index (χ3v) is 3.59. The van der Waals surface area contributed by atoms with Crippen molar-refractivity contribution in [3.05, 3.63) is 69.4 Å². The smallest absolute Gasteiger partial charge is 0.266 e. The Balaban J connectivity index is 1.95. The lowest BCUT2D eigenvalue weighted by molar-refractivity contribution is 0.605. The van der Waals surface area contributed by atoms with Crippen LogP contribution in [0.4, 0.5) is 0 Å². The third-order valence-electron chi connectivity index (χ3n) is 3.59. The first-order chi connectivity index (χ1) is 11.1. The van der Waals surface area contributed by atoms with E-state index in [4.69, 9.17) is 5.26 Å². The fourth-order valence-electron chi connectivity index (χ4n) is 2.22. The van der Waals surface area contributed by atoms with Gasteiger partial charge in [-0.1, -0.05) is 18.2 Å². The molecule has 0 unspecified atom stereocenters. The molecule has 0 atom stereocenters. The first-order valence-corrected chi connectivity index (χ1v) is 7.05. The molecule has 23 heavy (non-hydrogen) atoms. The van der Waals surface area contributed by atoms with Gasteiger partial charge in [0.05, 0.1) is 24.1 Å². The Morgan fingerprint density at radius 1 is 1.17 bits per heavy atom. The van der Waals surface area contributed by atoms with Gasteiger partial charge < -0.3 is 0 Å². The van der Waals surface area contributed by atoms with Crippen molar-refractivity contribution in [2.24, 2.45) is 0 Å². The molecular weight excluding hydrogens is 292 g/mol. The number of hydrogen-bond acceptors (Lipinski definition) is 5. The van der Waals surface area contributed by atoms with Gasteiger partial charge in [0.15, 0.2) is 0 Å². The number of benzene rings is 1. The predicted octanol–water partition coefficient (Wildman–Crippen LogP) is 1.36. The Kier molecular flexibility index (Phi) is 3.73. The summed E-state index contributed by atoms with van der Waals surface area (Å²) in [4.78, 5) is 13.8. The van der Waals surface area contributed by atoms with Gasteiger partial charge in [-0.2, -0.15) is 25.4 Å². The van der Waals surface area contributed by atoms with Gasteiger partial charge in [-0.15, -0.1) is 0 Å². The molecule has 0 radical (unpaired) electrons. The summed E-state index contributed by atoms with van der Waals surface area (Å²) < 4.78 is 1.25. The Labute approximate surface area is 132 Å². The Morgan fingerprint density at radius 3 is 2.61 bits per heavy atom. The highest BCUT2D eigenvalue weighted by Crippen LogP contribution is 2.07. The maximum absolute atomic E-state index is 12.3. The maximum atomic E-state index is 12.3. The van der Waals surface area contributed by atoms with Crippen LogP contribution in [0.1, 0.15) is 22.5 Å². The number of aromatic nitrogens is 5. The number of nitrogens with zero attached hydrogens (tertiary/aromatic N) is 6. The van der Waals surface area contributed by atoms with E-state index >= 15 is 0 Å². The fraction of sp³-hybridized carbons (Fsp3) is 0.188. The van der Waals surface area contributed by atoms with Crippen LogP contribution in [0.25, 0.3) is 5.69 Å². The van der Waals surface area contributed by atoms with Gasteiger partial charge in [0.1, 0.15) is 17.3 Å². The van der Waals surface area contributed by atoms with E-state index in [0.29, 0.717) is 17.0 Å². The number of rotatable bonds is 3. The van der Waals surface area contributed by atoms with Crippen molar-refractivity contribution in [1.82, 2.24) is 24.8 Å². The Morgan fingerprint density at radius 2 is 1.91 bits per heavy atom. The third kappa shape index (κ3) is 2.74. The molecule has 0 aliphatic carbocycles. The van der Waals surface area contributed by atoms with E-state index in [0.717, 1.165) is 5.69 Å². The van der Waals surface area contributed by atoms with Crippen molar-refractivity contribution >= 4 is 0 Å². The predicted molar refractivity (Wildman–Crippen MR) is 83.1 cm³/mol. The quantitative estimate of drug-likeness (QED) is 0.729. The highest BCUT2D eigenvalue weighted by Gasteiger charge is 2.13. The zero-order valence-corrected chi connectivity index (χ0v) is 12.8. The zero-order valence-electron chi connectivity index (χ0n) is 12.8. The second-order valence-electron chi connectivity index (χ2n) is 5.12. The molecule has 1 aromatic carbocycles. The summed E-state index contributed by atoms with van der Waals surface area (Å²) in [6.07, 6.45) is 1.59. The van der Waals surface area contributed by atoms with Crippen LogP contribution < -0.4 is 5.56 Å². The maximum Gasteiger partial charge on any atom is 0.285 e. The second kappa shape index (κ2) is 5.85. The van der Waals surface area contributed by atoms with Gasteiger partial charge in [-0.25, -0.2) is 4.68 Å². The van der Waals surface area contributed by atoms with Gasteiger partial charge in [-0.05, 0) is 31.5 Å². The van der Waals surface area contributed by atoms with Crippen molar-refractivity contribution in [3.63, 3.8) is 0 Å². The summed E-state index contributed by atoms with van der Waals surface area (Å²) in [5, 5.41) is 21.9. The molecule has 0 bridgehead atoms. The number of hydrogen-bond donors (Lipinski definition) is 0. The van der Waals surface area contributed by atoms with Crippen LogP contribution in [-0.4, -0.2) is 24.8 Å².